The van der Waals surface area contributed by atoms with E-state index < -0.39 is 0 Å². The lowest BCUT2D eigenvalue weighted by Crippen LogP contribution is -2.36. The minimum Gasteiger partial charge on any atom is -0.378 e. The maximum atomic E-state index is 12.6. The molecule has 1 amide bonds. The van der Waals surface area contributed by atoms with Gasteiger partial charge in [0.2, 0.25) is 5.91 Å². The third-order valence-electron chi connectivity index (χ3n) is 4.30. The summed E-state index contributed by atoms with van der Waals surface area (Å²) in [6.07, 6.45) is 2.56. The molecule has 1 N–H and O–H groups in total. The number of nitrogens with zero attached hydrogens (tertiary/aromatic N) is 2. The number of anilines is 2. The van der Waals surface area contributed by atoms with Crippen molar-refractivity contribution >= 4 is 17.4 Å². The van der Waals surface area contributed by atoms with Crippen molar-refractivity contribution in [3.8, 4) is 0 Å². The lowest BCUT2D eigenvalue weighted by atomic mass is 9.96. The number of carbonyl (C=O) groups excluding carboxylic acids is 1. The number of hydrogen-bond acceptors (Lipinski definition) is 4. The Labute approximate surface area is 142 Å². The van der Waals surface area contributed by atoms with E-state index >= 15 is 0 Å². The molecular formula is C19H23N3O2. The summed E-state index contributed by atoms with van der Waals surface area (Å²) in [5.41, 5.74) is 2.09. The highest BCUT2D eigenvalue weighted by molar-refractivity contribution is 5.95. The van der Waals surface area contributed by atoms with Crippen LogP contribution in [0, 0.1) is 0 Å². The van der Waals surface area contributed by atoms with Crippen LogP contribution >= 0.6 is 0 Å². The van der Waals surface area contributed by atoms with E-state index in [2.05, 4.69) is 15.2 Å². The molecule has 2 heterocycles. The molecule has 0 aliphatic carbocycles. The highest BCUT2D eigenvalue weighted by Gasteiger charge is 2.19. The quantitative estimate of drug-likeness (QED) is 0.918. The molecule has 5 heteroatoms. The second-order valence-corrected chi connectivity index (χ2v) is 5.86. The minimum absolute atomic E-state index is 0.0182. The van der Waals surface area contributed by atoms with Gasteiger partial charge in [-0.1, -0.05) is 37.3 Å². The summed E-state index contributed by atoms with van der Waals surface area (Å²) in [4.78, 5) is 19.2. The van der Waals surface area contributed by atoms with Crippen LogP contribution in [-0.4, -0.2) is 37.2 Å². The summed E-state index contributed by atoms with van der Waals surface area (Å²) in [5, 5.41) is 2.93. The van der Waals surface area contributed by atoms with Gasteiger partial charge in [-0.2, -0.15) is 0 Å². The third kappa shape index (κ3) is 3.92. The molecule has 0 bridgehead atoms. The molecule has 1 atom stereocenters. The zero-order valence-corrected chi connectivity index (χ0v) is 13.9. The standard InChI is InChI=1S/C19H23N3O2/c1-2-17(15-6-4-3-5-7-15)19(23)21-18-9-8-16(14-20-18)22-10-12-24-13-11-22/h3-9,14,17H,2,10-13H2,1H3,(H,20,21,23)/t17-/m1/s1. The van der Waals surface area contributed by atoms with Gasteiger partial charge in [-0.3, -0.25) is 4.79 Å². The van der Waals surface area contributed by atoms with E-state index in [1.807, 2.05) is 55.6 Å². The molecule has 1 fully saturated rings. The Balaban J connectivity index is 1.65. The van der Waals surface area contributed by atoms with Gasteiger partial charge in [0.15, 0.2) is 0 Å². The van der Waals surface area contributed by atoms with Crippen molar-refractivity contribution in [2.45, 2.75) is 19.3 Å². The Morgan fingerprint density at radius 1 is 1.21 bits per heavy atom. The van der Waals surface area contributed by atoms with E-state index in [4.69, 9.17) is 4.74 Å². The number of amides is 1. The topological polar surface area (TPSA) is 54.5 Å². The van der Waals surface area contributed by atoms with Crippen molar-refractivity contribution in [1.82, 2.24) is 4.98 Å². The lowest BCUT2D eigenvalue weighted by Gasteiger charge is -2.28. The van der Waals surface area contributed by atoms with Gasteiger partial charge in [0.05, 0.1) is 31.0 Å². The van der Waals surface area contributed by atoms with Gasteiger partial charge in [-0.15, -0.1) is 0 Å². The molecule has 0 radical (unpaired) electrons. The molecular weight excluding hydrogens is 302 g/mol. The maximum absolute atomic E-state index is 12.6. The molecule has 3 rings (SSSR count). The number of nitrogens with one attached hydrogen (secondary N) is 1. The largest absolute Gasteiger partial charge is 0.378 e. The summed E-state index contributed by atoms with van der Waals surface area (Å²) in [6.45, 7) is 5.26. The van der Waals surface area contributed by atoms with Gasteiger partial charge < -0.3 is 15.0 Å². The molecule has 1 aliphatic heterocycles. The zero-order chi connectivity index (χ0) is 16.8. The predicted octanol–water partition coefficient (Wildman–Crippen LogP) is 3.05. The Bertz CT molecular complexity index is 652. The van der Waals surface area contributed by atoms with Crippen LogP contribution in [0.1, 0.15) is 24.8 Å². The van der Waals surface area contributed by atoms with Crippen LogP contribution in [0.2, 0.25) is 0 Å². The number of morpholine rings is 1. The molecule has 5 nitrogen and oxygen atoms in total. The molecule has 0 saturated carbocycles. The van der Waals surface area contributed by atoms with Crippen LogP contribution in [0.15, 0.2) is 48.7 Å². The normalized spacial score (nSPS) is 15.8. The zero-order valence-electron chi connectivity index (χ0n) is 13.9. The lowest BCUT2D eigenvalue weighted by molar-refractivity contribution is -0.117. The Morgan fingerprint density at radius 2 is 1.96 bits per heavy atom. The van der Waals surface area contributed by atoms with Crippen molar-refractivity contribution in [3.05, 3.63) is 54.2 Å². The molecule has 1 aromatic carbocycles. The SMILES string of the molecule is CC[C@@H](C(=O)Nc1ccc(N2CCOCC2)cn1)c1ccccc1. The van der Waals surface area contributed by atoms with Crippen LogP contribution in [0.25, 0.3) is 0 Å². The van der Waals surface area contributed by atoms with Gasteiger partial charge in [-0.25, -0.2) is 4.98 Å². The Kier molecular flexibility index (Phi) is 5.43. The van der Waals surface area contributed by atoms with Gasteiger partial charge in [-0.05, 0) is 24.1 Å². The molecule has 0 spiro atoms. The molecule has 1 aliphatic rings. The predicted molar refractivity (Wildman–Crippen MR) is 95.4 cm³/mol. The van der Waals surface area contributed by atoms with E-state index in [0.29, 0.717) is 5.82 Å². The van der Waals surface area contributed by atoms with Crippen LogP contribution in [0.5, 0.6) is 0 Å². The van der Waals surface area contributed by atoms with Crippen LogP contribution in [0.4, 0.5) is 11.5 Å². The number of benzene rings is 1. The van der Waals surface area contributed by atoms with Gasteiger partial charge in [0.25, 0.3) is 0 Å². The number of ether oxygens (including phenoxy) is 1. The van der Waals surface area contributed by atoms with Crippen molar-refractivity contribution in [2.24, 2.45) is 0 Å². The van der Waals surface area contributed by atoms with E-state index in [9.17, 15) is 4.79 Å². The summed E-state index contributed by atoms with van der Waals surface area (Å²) in [7, 11) is 0. The first-order chi connectivity index (χ1) is 11.8. The second kappa shape index (κ2) is 7.93. The highest BCUT2D eigenvalue weighted by atomic mass is 16.5. The molecule has 126 valence electrons. The van der Waals surface area contributed by atoms with Crippen LogP contribution in [0.3, 0.4) is 0 Å². The first kappa shape index (κ1) is 16.5. The summed E-state index contributed by atoms with van der Waals surface area (Å²) in [5.74, 6) is 0.411. The fourth-order valence-electron chi connectivity index (χ4n) is 2.94. The van der Waals surface area contributed by atoms with Crippen LogP contribution < -0.4 is 10.2 Å². The summed E-state index contributed by atoms with van der Waals surface area (Å²) < 4.78 is 5.36. The monoisotopic (exact) mass is 325 g/mol. The first-order valence-electron chi connectivity index (χ1n) is 8.42. The number of rotatable bonds is 5. The van der Waals surface area contributed by atoms with Gasteiger partial charge >= 0.3 is 0 Å². The van der Waals surface area contributed by atoms with E-state index in [0.717, 1.165) is 44.0 Å². The highest BCUT2D eigenvalue weighted by Crippen LogP contribution is 2.22. The summed E-state index contributed by atoms with van der Waals surface area (Å²) >= 11 is 0. The fraction of sp³-hybridized carbons (Fsp3) is 0.368. The Hall–Kier alpha value is -2.40. The van der Waals surface area contributed by atoms with E-state index in [1.54, 1.807) is 0 Å². The molecule has 24 heavy (non-hydrogen) atoms. The smallest absolute Gasteiger partial charge is 0.233 e. The average Bonchev–Trinajstić information content (AvgIpc) is 2.64. The van der Waals surface area contributed by atoms with Crippen molar-refractivity contribution in [3.63, 3.8) is 0 Å². The summed E-state index contributed by atoms with van der Waals surface area (Å²) in [6, 6.07) is 13.7. The minimum atomic E-state index is -0.160. The molecule has 1 aromatic heterocycles. The van der Waals surface area contributed by atoms with Gasteiger partial charge in [0, 0.05) is 13.1 Å². The van der Waals surface area contributed by atoms with Gasteiger partial charge in [0.1, 0.15) is 5.82 Å². The number of aromatic nitrogens is 1. The molecule has 1 saturated heterocycles. The second-order valence-electron chi connectivity index (χ2n) is 5.86. The fourth-order valence-corrected chi connectivity index (χ4v) is 2.94. The van der Waals surface area contributed by atoms with Crippen molar-refractivity contribution in [1.29, 1.82) is 0 Å². The van der Waals surface area contributed by atoms with E-state index in [1.165, 1.54) is 0 Å². The maximum Gasteiger partial charge on any atom is 0.233 e. The van der Waals surface area contributed by atoms with E-state index in [-0.39, 0.29) is 11.8 Å². The molecule has 0 unspecified atom stereocenters. The van der Waals surface area contributed by atoms with Crippen molar-refractivity contribution in [2.75, 3.05) is 36.5 Å². The average molecular weight is 325 g/mol. The number of pyridine rings is 1. The number of carbonyl (C=O) groups is 1. The van der Waals surface area contributed by atoms with Crippen LogP contribution in [-0.2, 0) is 9.53 Å². The molecule has 2 aromatic rings. The third-order valence-corrected chi connectivity index (χ3v) is 4.30. The Morgan fingerprint density at radius 3 is 2.58 bits per heavy atom. The number of hydrogen-bond donors (Lipinski definition) is 1. The van der Waals surface area contributed by atoms with Crippen molar-refractivity contribution < 1.29 is 9.53 Å². The first-order valence-corrected chi connectivity index (χ1v) is 8.42.